The molecule has 116 valence electrons. The Bertz CT molecular complexity index is 505. The third-order valence-electron chi connectivity index (χ3n) is 4.68. The van der Waals surface area contributed by atoms with Crippen molar-refractivity contribution < 1.29 is 9.47 Å². The molecule has 3 nitrogen and oxygen atoms in total. The van der Waals surface area contributed by atoms with Gasteiger partial charge >= 0.3 is 0 Å². The first-order chi connectivity index (χ1) is 10.1. The van der Waals surface area contributed by atoms with Gasteiger partial charge in [0, 0.05) is 35.2 Å². The zero-order chi connectivity index (χ0) is 14.9. The minimum atomic E-state index is -0.0586. The Morgan fingerprint density at radius 2 is 2.29 bits per heavy atom. The highest BCUT2D eigenvalue weighted by atomic mass is 79.9. The van der Waals surface area contributed by atoms with E-state index in [0.29, 0.717) is 12.0 Å². The molecule has 2 fully saturated rings. The molecule has 1 spiro atoms. The molecule has 1 N–H and O–H groups in total. The lowest BCUT2D eigenvalue weighted by molar-refractivity contribution is -0.103. The van der Waals surface area contributed by atoms with Gasteiger partial charge in [0.25, 0.3) is 0 Å². The molecule has 1 aromatic carbocycles. The molecule has 0 aliphatic carbocycles. The van der Waals surface area contributed by atoms with E-state index in [-0.39, 0.29) is 5.60 Å². The maximum atomic E-state index is 6.06. The summed E-state index contributed by atoms with van der Waals surface area (Å²) in [5.74, 6) is 0.544. The summed E-state index contributed by atoms with van der Waals surface area (Å²) in [5, 5.41) is 4.24. The van der Waals surface area contributed by atoms with Crippen molar-refractivity contribution in [3.63, 3.8) is 0 Å². The van der Waals surface area contributed by atoms with Crippen LogP contribution in [0, 0.1) is 5.92 Å². The lowest BCUT2D eigenvalue weighted by Gasteiger charge is -2.40. The lowest BCUT2D eigenvalue weighted by atomic mass is 9.79. The van der Waals surface area contributed by atoms with E-state index in [4.69, 9.17) is 21.1 Å². The van der Waals surface area contributed by atoms with Gasteiger partial charge in [0.2, 0.25) is 0 Å². The molecule has 2 aliphatic rings. The maximum absolute atomic E-state index is 6.06. The van der Waals surface area contributed by atoms with Gasteiger partial charge in [-0.1, -0.05) is 33.6 Å². The molecule has 0 saturated carbocycles. The molecule has 2 heterocycles. The van der Waals surface area contributed by atoms with Crippen LogP contribution in [-0.4, -0.2) is 32.5 Å². The highest BCUT2D eigenvalue weighted by Crippen LogP contribution is 2.42. The Hall–Kier alpha value is -0.130. The fraction of sp³-hybridized carbons (Fsp3) is 0.625. The molecular weight excluding hydrogens is 354 g/mol. The normalized spacial score (nSPS) is 30.7. The van der Waals surface area contributed by atoms with E-state index < -0.39 is 0 Å². The third-order valence-corrected chi connectivity index (χ3v) is 5.60. The molecule has 0 bridgehead atoms. The Balaban J connectivity index is 1.82. The van der Waals surface area contributed by atoms with Crippen LogP contribution in [0.2, 0.25) is 5.02 Å². The number of nitrogens with one attached hydrogen (secondary N) is 1. The third kappa shape index (κ3) is 3.30. The predicted molar refractivity (Wildman–Crippen MR) is 87.8 cm³/mol. The van der Waals surface area contributed by atoms with Crippen LogP contribution < -0.4 is 5.32 Å². The second-order valence-corrected chi connectivity index (χ2v) is 7.31. The predicted octanol–water partition coefficient (Wildman–Crippen LogP) is 3.95. The summed E-state index contributed by atoms with van der Waals surface area (Å²) in [5.41, 5.74) is 1.21. The van der Waals surface area contributed by atoms with E-state index in [1.54, 1.807) is 0 Å². The number of hydrogen-bond acceptors (Lipinski definition) is 3. The summed E-state index contributed by atoms with van der Waals surface area (Å²) >= 11 is 9.71. The van der Waals surface area contributed by atoms with Gasteiger partial charge in [0.05, 0.1) is 12.2 Å². The van der Waals surface area contributed by atoms with Crippen molar-refractivity contribution in [2.24, 2.45) is 5.92 Å². The van der Waals surface area contributed by atoms with Crippen LogP contribution in [0.5, 0.6) is 0 Å². The van der Waals surface area contributed by atoms with Crippen LogP contribution in [0.1, 0.15) is 30.9 Å². The van der Waals surface area contributed by atoms with E-state index in [2.05, 4.69) is 27.3 Å². The van der Waals surface area contributed by atoms with Gasteiger partial charge in [-0.15, -0.1) is 0 Å². The largest absolute Gasteiger partial charge is 0.378 e. The Morgan fingerprint density at radius 3 is 2.95 bits per heavy atom. The van der Waals surface area contributed by atoms with Crippen molar-refractivity contribution in [1.29, 1.82) is 0 Å². The van der Waals surface area contributed by atoms with Crippen LogP contribution in [0.3, 0.4) is 0 Å². The van der Waals surface area contributed by atoms with Crippen molar-refractivity contribution in [2.45, 2.75) is 30.9 Å². The molecule has 2 saturated heterocycles. The van der Waals surface area contributed by atoms with E-state index in [0.717, 1.165) is 48.6 Å². The zero-order valence-electron chi connectivity index (χ0n) is 12.2. The second kappa shape index (κ2) is 6.55. The van der Waals surface area contributed by atoms with E-state index in [1.165, 1.54) is 5.56 Å². The minimum Gasteiger partial charge on any atom is -0.378 e. The average molecular weight is 375 g/mol. The zero-order valence-corrected chi connectivity index (χ0v) is 14.5. The van der Waals surface area contributed by atoms with Crippen LogP contribution in [0.15, 0.2) is 22.7 Å². The number of ether oxygens (including phenoxy) is 2. The number of benzene rings is 1. The van der Waals surface area contributed by atoms with E-state index in [1.807, 2.05) is 19.2 Å². The average Bonchev–Trinajstić information content (AvgIpc) is 2.90. The molecule has 3 unspecified atom stereocenters. The van der Waals surface area contributed by atoms with Gasteiger partial charge in [0.15, 0.2) is 0 Å². The van der Waals surface area contributed by atoms with Crippen LogP contribution in [-0.2, 0) is 9.47 Å². The van der Waals surface area contributed by atoms with Gasteiger partial charge < -0.3 is 14.8 Å². The molecule has 0 amide bonds. The standard InChI is InChI=1S/C16H21BrClNO2/c1-19-15(13-3-2-12(18)8-14(13)17)11-4-6-21-16(9-11)5-7-20-10-16/h2-3,8,11,15,19H,4-7,9-10H2,1H3. The minimum absolute atomic E-state index is 0.0586. The molecular formula is C16H21BrClNO2. The highest BCUT2D eigenvalue weighted by molar-refractivity contribution is 9.10. The Morgan fingerprint density at radius 1 is 1.43 bits per heavy atom. The first-order valence-electron chi connectivity index (χ1n) is 7.47. The first kappa shape index (κ1) is 15.8. The summed E-state index contributed by atoms with van der Waals surface area (Å²) in [6.45, 7) is 2.38. The SMILES string of the molecule is CNC(c1ccc(Cl)cc1Br)C1CCOC2(CCOC2)C1. The van der Waals surface area contributed by atoms with Crippen molar-refractivity contribution >= 4 is 27.5 Å². The van der Waals surface area contributed by atoms with Crippen molar-refractivity contribution in [1.82, 2.24) is 5.32 Å². The van der Waals surface area contributed by atoms with Gasteiger partial charge in [-0.3, -0.25) is 0 Å². The van der Waals surface area contributed by atoms with Crippen LogP contribution in [0.4, 0.5) is 0 Å². The topological polar surface area (TPSA) is 30.5 Å². The summed E-state index contributed by atoms with van der Waals surface area (Å²) in [7, 11) is 2.03. The maximum Gasteiger partial charge on any atom is 0.0940 e. The second-order valence-electron chi connectivity index (χ2n) is 6.02. The molecule has 3 atom stereocenters. The lowest BCUT2D eigenvalue weighted by Crippen LogP contribution is -2.43. The summed E-state index contributed by atoms with van der Waals surface area (Å²) in [6.07, 6.45) is 3.14. The van der Waals surface area contributed by atoms with Crippen molar-refractivity contribution in [2.75, 3.05) is 26.9 Å². The monoisotopic (exact) mass is 373 g/mol. The van der Waals surface area contributed by atoms with Crippen LogP contribution in [0.25, 0.3) is 0 Å². The molecule has 1 aromatic rings. The van der Waals surface area contributed by atoms with Crippen molar-refractivity contribution in [3.8, 4) is 0 Å². The molecule has 3 rings (SSSR count). The van der Waals surface area contributed by atoms with E-state index >= 15 is 0 Å². The highest BCUT2D eigenvalue weighted by Gasteiger charge is 2.43. The number of hydrogen-bond donors (Lipinski definition) is 1. The van der Waals surface area contributed by atoms with E-state index in [9.17, 15) is 0 Å². The number of rotatable bonds is 3. The number of halogens is 2. The Kier molecular flexibility index (Phi) is 4.91. The molecule has 0 radical (unpaired) electrons. The molecule has 0 aromatic heterocycles. The fourth-order valence-corrected chi connectivity index (χ4v) is 4.54. The molecule has 2 aliphatic heterocycles. The fourth-order valence-electron chi connectivity index (χ4n) is 3.61. The smallest absolute Gasteiger partial charge is 0.0940 e. The quantitative estimate of drug-likeness (QED) is 0.869. The first-order valence-corrected chi connectivity index (χ1v) is 8.64. The summed E-state index contributed by atoms with van der Waals surface area (Å²) in [6, 6.07) is 6.34. The summed E-state index contributed by atoms with van der Waals surface area (Å²) in [4.78, 5) is 0. The van der Waals surface area contributed by atoms with Gasteiger partial charge in [0.1, 0.15) is 0 Å². The van der Waals surface area contributed by atoms with Gasteiger partial charge in [-0.2, -0.15) is 0 Å². The Labute approximate surface area is 139 Å². The van der Waals surface area contributed by atoms with Gasteiger partial charge in [-0.05, 0) is 43.5 Å². The van der Waals surface area contributed by atoms with Gasteiger partial charge in [-0.25, -0.2) is 0 Å². The molecule has 21 heavy (non-hydrogen) atoms. The molecule has 5 heteroatoms. The van der Waals surface area contributed by atoms with Crippen molar-refractivity contribution in [3.05, 3.63) is 33.3 Å². The summed E-state index contributed by atoms with van der Waals surface area (Å²) < 4.78 is 12.7. The van der Waals surface area contributed by atoms with Crippen LogP contribution >= 0.6 is 27.5 Å².